The Hall–Kier alpha value is -2.67. The van der Waals surface area contributed by atoms with Gasteiger partial charge < -0.3 is 15.6 Å². The molecule has 2 amide bonds. The van der Waals surface area contributed by atoms with Crippen LogP contribution in [0.2, 0.25) is 5.02 Å². The van der Waals surface area contributed by atoms with Crippen LogP contribution in [0, 0.1) is 0 Å². The second-order valence-corrected chi connectivity index (χ2v) is 5.10. The summed E-state index contributed by atoms with van der Waals surface area (Å²) in [7, 11) is 0. The molecule has 1 heterocycles. The number of benzene rings is 1. The first-order valence-electron chi connectivity index (χ1n) is 6.92. The number of carbonyl (C=O) groups is 2. The number of halogens is 1. The molecule has 7 nitrogen and oxygen atoms in total. The third kappa shape index (κ3) is 4.65. The van der Waals surface area contributed by atoms with E-state index in [1.165, 1.54) is 6.20 Å². The molecule has 2 rings (SSSR count). The van der Waals surface area contributed by atoms with E-state index < -0.39 is 11.5 Å². The van der Waals surface area contributed by atoms with Crippen LogP contribution in [0.3, 0.4) is 0 Å². The number of H-pyrrole nitrogens is 1. The summed E-state index contributed by atoms with van der Waals surface area (Å²) in [6, 6.07) is 6.82. The monoisotopic (exact) mass is 334 g/mol. The molecule has 1 aromatic carbocycles. The maximum Gasteiger partial charge on any atom is 0.264 e. The van der Waals surface area contributed by atoms with Gasteiger partial charge in [-0.05, 0) is 30.7 Å². The van der Waals surface area contributed by atoms with Gasteiger partial charge in [0.05, 0.1) is 0 Å². The lowest BCUT2D eigenvalue weighted by molar-refractivity contribution is -0.109. The molecule has 0 unspecified atom stereocenters. The lowest BCUT2D eigenvalue weighted by Gasteiger charge is -2.05. The van der Waals surface area contributed by atoms with Gasteiger partial charge in [-0.1, -0.05) is 11.6 Å². The highest BCUT2D eigenvalue weighted by molar-refractivity contribution is 6.30. The molecule has 8 heteroatoms. The Morgan fingerprint density at radius 2 is 2.00 bits per heavy atom. The van der Waals surface area contributed by atoms with Crippen LogP contribution < -0.4 is 16.2 Å². The van der Waals surface area contributed by atoms with E-state index in [2.05, 4.69) is 20.6 Å². The minimum Gasteiger partial charge on any atom is -0.359 e. The summed E-state index contributed by atoms with van der Waals surface area (Å²) in [6.45, 7) is 0.798. The lowest BCUT2D eigenvalue weighted by atomic mass is 10.2. The highest BCUT2D eigenvalue weighted by atomic mass is 35.5. The van der Waals surface area contributed by atoms with Gasteiger partial charge in [0.1, 0.15) is 11.4 Å². The van der Waals surface area contributed by atoms with E-state index in [1.54, 1.807) is 24.3 Å². The van der Waals surface area contributed by atoms with Crippen LogP contribution in [0.5, 0.6) is 0 Å². The van der Waals surface area contributed by atoms with E-state index >= 15 is 0 Å². The van der Waals surface area contributed by atoms with Crippen molar-refractivity contribution in [2.24, 2.45) is 0 Å². The number of nitrogens with one attached hydrogen (secondary N) is 3. The predicted octanol–water partition coefficient (Wildman–Crippen LogP) is 0.956. The molecule has 1 aromatic heterocycles. The van der Waals surface area contributed by atoms with Gasteiger partial charge in [0.15, 0.2) is 0 Å². The predicted molar refractivity (Wildman–Crippen MR) is 86.3 cm³/mol. The van der Waals surface area contributed by atoms with Crippen LogP contribution in [0.15, 0.2) is 35.3 Å². The molecule has 0 radical (unpaired) electrons. The Balaban J connectivity index is 2.04. The highest BCUT2D eigenvalue weighted by Gasteiger charge is 2.12. The van der Waals surface area contributed by atoms with Crippen molar-refractivity contribution in [3.63, 3.8) is 0 Å². The van der Waals surface area contributed by atoms with Crippen LogP contribution in [-0.2, 0) is 4.79 Å². The summed E-state index contributed by atoms with van der Waals surface area (Å²) in [5, 5.41) is 5.65. The molecule has 23 heavy (non-hydrogen) atoms. The van der Waals surface area contributed by atoms with Crippen molar-refractivity contribution in [3.8, 4) is 11.4 Å². The Morgan fingerprint density at radius 3 is 2.65 bits per heavy atom. The molecule has 0 aliphatic rings. The van der Waals surface area contributed by atoms with E-state index in [9.17, 15) is 14.4 Å². The van der Waals surface area contributed by atoms with Gasteiger partial charge in [-0.15, -0.1) is 0 Å². The molecule has 0 aliphatic carbocycles. The number of carbonyl (C=O) groups excluding carboxylic acids is 2. The van der Waals surface area contributed by atoms with E-state index in [0.717, 1.165) is 0 Å². The zero-order valence-electron chi connectivity index (χ0n) is 12.1. The Bertz CT molecular complexity index is 743. The first-order valence-corrected chi connectivity index (χ1v) is 7.30. The Kier molecular flexibility index (Phi) is 5.87. The second kappa shape index (κ2) is 8.09. The Morgan fingerprint density at radius 1 is 1.26 bits per heavy atom. The standard InChI is InChI=1S/C15H15ClN4O3/c16-11-4-2-10(3-5-11)13-19-8-12(15(23)20-13)14(22)18-7-1-6-17-9-21/h2-5,8-9H,1,6-7H2,(H,17,21)(H,18,22)(H,19,20,23). The summed E-state index contributed by atoms with van der Waals surface area (Å²) in [5.41, 5.74) is 0.109. The van der Waals surface area contributed by atoms with Crippen molar-refractivity contribution in [2.75, 3.05) is 13.1 Å². The summed E-state index contributed by atoms with van der Waals surface area (Å²) in [6.07, 6.45) is 2.40. The van der Waals surface area contributed by atoms with Crippen LogP contribution in [0.25, 0.3) is 11.4 Å². The summed E-state index contributed by atoms with van der Waals surface area (Å²) >= 11 is 5.81. The number of hydrogen-bond donors (Lipinski definition) is 3. The van der Waals surface area contributed by atoms with Crippen LogP contribution in [-0.4, -0.2) is 35.4 Å². The molecule has 3 N–H and O–H groups in total. The van der Waals surface area contributed by atoms with Crippen LogP contribution >= 0.6 is 11.6 Å². The van der Waals surface area contributed by atoms with Gasteiger partial charge in [0.25, 0.3) is 11.5 Å². The number of amides is 2. The van der Waals surface area contributed by atoms with Crippen molar-refractivity contribution in [1.29, 1.82) is 0 Å². The number of rotatable bonds is 7. The summed E-state index contributed by atoms with van der Waals surface area (Å²) in [4.78, 5) is 40.7. The molecule has 0 saturated heterocycles. The summed E-state index contributed by atoms with van der Waals surface area (Å²) in [5.74, 6) is -0.147. The Labute approximate surface area is 137 Å². The first kappa shape index (κ1) is 16.7. The molecular weight excluding hydrogens is 320 g/mol. The van der Waals surface area contributed by atoms with Gasteiger partial charge in [-0.25, -0.2) is 4.98 Å². The first-order chi connectivity index (χ1) is 11.1. The molecule has 0 saturated carbocycles. The lowest BCUT2D eigenvalue weighted by Crippen LogP contribution is -2.32. The molecular formula is C15H15ClN4O3. The fraction of sp³-hybridized carbons (Fsp3) is 0.200. The molecule has 120 valence electrons. The molecule has 2 aromatic rings. The SMILES string of the molecule is O=CNCCCNC(=O)c1cnc(-c2ccc(Cl)cc2)[nH]c1=O. The van der Waals surface area contributed by atoms with Crippen molar-refractivity contribution in [2.45, 2.75) is 6.42 Å². The second-order valence-electron chi connectivity index (χ2n) is 4.66. The van der Waals surface area contributed by atoms with Gasteiger partial charge >= 0.3 is 0 Å². The van der Waals surface area contributed by atoms with Crippen molar-refractivity contribution in [1.82, 2.24) is 20.6 Å². The smallest absolute Gasteiger partial charge is 0.264 e. The molecule has 0 fully saturated rings. The van der Waals surface area contributed by atoms with Crippen molar-refractivity contribution >= 4 is 23.9 Å². The normalized spacial score (nSPS) is 10.1. The number of aromatic amines is 1. The van der Waals surface area contributed by atoms with Crippen LogP contribution in [0.1, 0.15) is 16.8 Å². The maximum atomic E-state index is 12.0. The van der Waals surface area contributed by atoms with E-state index in [0.29, 0.717) is 42.3 Å². The topological polar surface area (TPSA) is 104 Å². The van der Waals surface area contributed by atoms with Crippen molar-refractivity contribution in [3.05, 3.63) is 51.4 Å². The van der Waals surface area contributed by atoms with Gasteiger partial charge in [0, 0.05) is 29.9 Å². The molecule has 0 atom stereocenters. The largest absolute Gasteiger partial charge is 0.359 e. The van der Waals surface area contributed by atoms with E-state index in [4.69, 9.17) is 11.6 Å². The minimum atomic E-state index is -0.520. The third-order valence-electron chi connectivity index (χ3n) is 3.03. The minimum absolute atomic E-state index is 0.0638. The average molecular weight is 335 g/mol. The van der Waals surface area contributed by atoms with Gasteiger partial charge in [0.2, 0.25) is 6.41 Å². The van der Waals surface area contributed by atoms with Gasteiger partial charge in [-0.2, -0.15) is 0 Å². The van der Waals surface area contributed by atoms with E-state index in [1.807, 2.05) is 0 Å². The zero-order chi connectivity index (χ0) is 16.7. The molecule has 0 spiro atoms. The number of nitrogens with zero attached hydrogens (tertiary/aromatic N) is 1. The highest BCUT2D eigenvalue weighted by Crippen LogP contribution is 2.16. The fourth-order valence-electron chi connectivity index (χ4n) is 1.86. The molecule has 0 aliphatic heterocycles. The molecule has 0 bridgehead atoms. The number of aromatic nitrogens is 2. The third-order valence-corrected chi connectivity index (χ3v) is 3.28. The number of hydrogen-bond acceptors (Lipinski definition) is 4. The average Bonchev–Trinajstić information content (AvgIpc) is 2.55. The maximum absolute atomic E-state index is 12.0. The summed E-state index contributed by atoms with van der Waals surface area (Å²) < 4.78 is 0. The fourth-order valence-corrected chi connectivity index (χ4v) is 1.98. The van der Waals surface area contributed by atoms with E-state index in [-0.39, 0.29) is 5.56 Å². The van der Waals surface area contributed by atoms with Gasteiger partial charge in [-0.3, -0.25) is 14.4 Å². The zero-order valence-corrected chi connectivity index (χ0v) is 12.9. The van der Waals surface area contributed by atoms with Crippen molar-refractivity contribution < 1.29 is 9.59 Å². The quantitative estimate of drug-likeness (QED) is 0.518. The van der Waals surface area contributed by atoms with Crippen LogP contribution in [0.4, 0.5) is 0 Å².